The number of nitrogens with zero attached hydrogens (tertiary/aromatic N) is 2. The molecule has 1 fully saturated rings. The summed E-state index contributed by atoms with van der Waals surface area (Å²) in [4.78, 5) is 39.4. The van der Waals surface area contributed by atoms with Crippen LogP contribution in [-0.2, 0) is 14.3 Å². The van der Waals surface area contributed by atoms with Crippen molar-refractivity contribution in [3.8, 4) is 5.69 Å². The summed E-state index contributed by atoms with van der Waals surface area (Å²) in [5.41, 5.74) is 4.76. The van der Waals surface area contributed by atoms with Crippen LogP contribution in [0.5, 0.6) is 0 Å². The average Bonchev–Trinajstić information content (AvgIpc) is 3.10. The number of halogens is 1. The van der Waals surface area contributed by atoms with Crippen LogP contribution >= 0.6 is 23.8 Å². The predicted molar refractivity (Wildman–Crippen MR) is 139 cm³/mol. The molecule has 0 spiro atoms. The van der Waals surface area contributed by atoms with Crippen LogP contribution in [0.4, 0.5) is 5.69 Å². The number of aryl methyl sites for hydroxylation is 2. The number of anilines is 1. The molecule has 0 radical (unpaired) electrons. The molecule has 1 saturated heterocycles. The molecule has 35 heavy (non-hydrogen) atoms. The highest BCUT2D eigenvalue weighted by Gasteiger charge is 2.35. The molecule has 2 aromatic carbocycles. The van der Waals surface area contributed by atoms with Gasteiger partial charge in [-0.1, -0.05) is 23.7 Å². The highest BCUT2D eigenvalue weighted by Crippen LogP contribution is 2.28. The van der Waals surface area contributed by atoms with Gasteiger partial charge in [0.2, 0.25) is 0 Å². The molecule has 0 aliphatic carbocycles. The van der Waals surface area contributed by atoms with E-state index in [1.807, 2.05) is 37.5 Å². The summed E-state index contributed by atoms with van der Waals surface area (Å²) < 4.78 is 6.76. The lowest BCUT2D eigenvalue weighted by Gasteiger charge is -2.29. The minimum atomic E-state index is -0.577. The third-order valence-corrected chi connectivity index (χ3v) is 6.50. The van der Waals surface area contributed by atoms with E-state index in [1.165, 1.54) is 12.0 Å². The number of nitrogens with one attached hydrogen (secondary N) is 1. The highest BCUT2D eigenvalue weighted by molar-refractivity contribution is 7.80. The van der Waals surface area contributed by atoms with Crippen molar-refractivity contribution in [2.45, 2.75) is 20.8 Å². The van der Waals surface area contributed by atoms with E-state index in [0.717, 1.165) is 22.6 Å². The van der Waals surface area contributed by atoms with Crippen LogP contribution in [0.2, 0.25) is 5.02 Å². The number of methoxy groups -OCH3 is 1. The minimum Gasteiger partial charge on any atom is -0.465 e. The molecule has 0 bridgehead atoms. The third-order valence-electron chi connectivity index (χ3n) is 5.81. The Balaban J connectivity index is 1.76. The first-order chi connectivity index (χ1) is 16.6. The highest BCUT2D eigenvalue weighted by atomic mass is 35.5. The Morgan fingerprint density at radius 2 is 1.80 bits per heavy atom. The number of hydrogen-bond acceptors (Lipinski definition) is 5. The van der Waals surface area contributed by atoms with Crippen LogP contribution in [-0.4, -0.2) is 34.6 Å². The Labute approximate surface area is 212 Å². The smallest absolute Gasteiger partial charge is 0.337 e. The van der Waals surface area contributed by atoms with Crippen molar-refractivity contribution in [2.24, 2.45) is 0 Å². The van der Waals surface area contributed by atoms with Gasteiger partial charge in [0.05, 0.1) is 18.4 Å². The van der Waals surface area contributed by atoms with E-state index in [2.05, 4.69) is 5.32 Å². The van der Waals surface area contributed by atoms with Gasteiger partial charge in [-0.15, -0.1) is 0 Å². The predicted octanol–water partition coefficient (Wildman–Crippen LogP) is 4.67. The number of aromatic nitrogens is 1. The van der Waals surface area contributed by atoms with Crippen molar-refractivity contribution in [3.05, 3.63) is 87.2 Å². The molecule has 1 aliphatic rings. The first-order valence-corrected chi connectivity index (χ1v) is 11.5. The number of hydrogen-bond donors (Lipinski definition) is 1. The molecule has 2 amide bonds. The Morgan fingerprint density at radius 1 is 1.06 bits per heavy atom. The van der Waals surface area contributed by atoms with E-state index < -0.39 is 17.8 Å². The summed E-state index contributed by atoms with van der Waals surface area (Å²) in [6.07, 6.45) is 1.55. The van der Waals surface area contributed by atoms with Gasteiger partial charge >= 0.3 is 5.97 Å². The molecule has 178 valence electrons. The van der Waals surface area contributed by atoms with Gasteiger partial charge < -0.3 is 9.30 Å². The molecule has 1 aromatic heterocycles. The third kappa shape index (κ3) is 4.50. The van der Waals surface area contributed by atoms with Crippen LogP contribution in [0.3, 0.4) is 0 Å². The largest absolute Gasteiger partial charge is 0.465 e. The number of thiocarbonyl (C=S) groups is 1. The van der Waals surface area contributed by atoms with Gasteiger partial charge in [0, 0.05) is 22.1 Å². The van der Waals surface area contributed by atoms with Gasteiger partial charge in [-0.3, -0.25) is 19.8 Å². The molecule has 2 heterocycles. The Hall–Kier alpha value is -3.75. The zero-order chi connectivity index (χ0) is 25.4. The fraction of sp³-hybridized carbons (Fsp3) is 0.154. The number of rotatable bonds is 4. The lowest BCUT2D eigenvalue weighted by molar-refractivity contribution is -0.122. The summed E-state index contributed by atoms with van der Waals surface area (Å²) in [6.45, 7) is 5.63. The van der Waals surface area contributed by atoms with Crippen LogP contribution in [0.25, 0.3) is 11.8 Å². The molecule has 3 aromatic rings. The number of carbonyl (C=O) groups excluding carboxylic acids is 3. The van der Waals surface area contributed by atoms with Gasteiger partial charge in [-0.25, -0.2) is 4.79 Å². The molecule has 0 saturated carbocycles. The molecule has 9 heteroatoms. The Kier molecular flexibility index (Phi) is 6.60. The fourth-order valence-corrected chi connectivity index (χ4v) is 4.44. The van der Waals surface area contributed by atoms with E-state index in [4.69, 9.17) is 28.6 Å². The van der Waals surface area contributed by atoms with Crippen LogP contribution in [0.1, 0.15) is 32.9 Å². The van der Waals surface area contributed by atoms with Gasteiger partial charge in [0.15, 0.2) is 5.11 Å². The van der Waals surface area contributed by atoms with Crippen LogP contribution in [0, 0.1) is 20.8 Å². The van der Waals surface area contributed by atoms with Gasteiger partial charge in [-0.2, -0.15) is 0 Å². The maximum atomic E-state index is 13.4. The molecular weight excluding hydrogens is 486 g/mol. The summed E-state index contributed by atoms with van der Waals surface area (Å²) >= 11 is 11.5. The molecule has 1 N–H and O–H groups in total. The molecule has 0 unspecified atom stereocenters. The van der Waals surface area contributed by atoms with E-state index >= 15 is 0 Å². The molecular formula is C26H22ClN3O4S. The maximum absolute atomic E-state index is 13.4. The molecule has 4 rings (SSSR count). The minimum absolute atomic E-state index is 0.0119. The SMILES string of the molecule is COC(=O)c1cccc(-n2c(C)cc(/C=C3\C(=O)NC(=S)N(c4ccc(C)c(Cl)c4)C3=O)c2C)c1. The summed E-state index contributed by atoms with van der Waals surface area (Å²) in [6, 6.07) is 14.0. The van der Waals surface area contributed by atoms with Crippen molar-refractivity contribution in [1.29, 1.82) is 0 Å². The van der Waals surface area contributed by atoms with Crippen LogP contribution < -0.4 is 10.2 Å². The lowest BCUT2D eigenvalue weighted by atomic mass is 10.1. The summed E-state index contributed by atoms with van der Waals surface area (Å²) in [5.74, 6) is -1.56. The van der Waals surface area contributed by atoms with Gasteiger partial charge in [0.1, 0.15) is 5.57 Å². The van der Waals surface area contributed by atoms with E-state index in [0.29, 0.717) is 21.8 Å². The van der Waals surface area contributed by atoms with Crippen molar-refractivity contribution >= 4 is 58.5 Å². The van der Waals surface area contributed by atoms with Crippen molar-refractivity contribution < 1.29 is 19.1 Å². The van der Waals surface area contributed by atoms with Gasteiger partial charge in [0.25, 0.3) is 11.8 Å². The molecule has 7 nitrogen and oxygen atoms in total. The average molecular weight is 508 g/mol. The molecule has 1 aliphatic heterocycles. The number of ether oxygens (including phenoxy) is 1. The first-order valence-electron chi connectivity index (χ1n) is 10.7. The maximum Gasteiger partial charge on any atom is 0.337 e. The second-order valence-electron chi connectivity index (χ2n) is 8.10. The van der Waals surface area contributed by atoms with E-state index in [9.17, 15) is 14.4 Å². The number of esters is 1. The van der Waals surface area contributed by atoms with Crippen molar-refractivity contribution in [2.75, 3.05) is 12.0 Å². The fourth-order valence-electron chi connectivity index (χ4n) is 3.99. The second kappa shape index (κ2) is 9.48. The number of amides is 2. The number of carbonyl (C=O) groups is 3. The topological polar surface area (TPSA) is 80.6 Å². The normalized spacial score (nSPS) is 14.9. The monoisotopic (exact) mass is 507 g/mol. The van der Waals surface area contributed by atoms with Crippen molar-refractivity contribution in [3.63, 3.8) is 0 Å². The zero-order valence-electron chi connectivity index (χ0n) is 19.5. The quantitative estimate of drug-likeness (QED) is 0.240. The van der Waals surface area contributed by atoms with Gasteiger partial charge in [-0.05, 0) is 86.6 Å². The van der Waals surface area contributed by atoms with E-state index in [1.54, 1.807) is 42.5 Å². The standard InChI is InChI=1S/C26H22ClN3O4S/c1-14-8-9-20(13-22(14)27)30-24(32)21(23(31)28-26(30)35)12-18-10-15(2)29(16(18)3)19-7-5-6-17(11-19)25(33)34-4/h5-13H,1-4H3,(H,28,31,35)/b21-12+. The van der Waals surface area contributed by atoms with Crippen molar-refractivity contribution in [1.82, 2.24) is 9.88 Å². The first kappa shape index (κ1) is 24.4. The lowest BCUT2D eigenvalue weighted by Crippen LogP contribution is -2.54. The number of benzene rings is 2. The van der Waals surface area contributed by atoms with Crippen LogP contribution in [0.15, 0.2) is 54.1 Å². The van der Waals surface area contributed by atoms with E-state index in [-0.39, 0.29) is 10.7 Å². The Bertz CT molecular complexity index is 1440. The molecule has 0 atom stereocenters. The second-order valence-corrected chi connectivity index (χ2v) is 8.89. The summed E-state index contributed by atoms with van der Waals surface area (Å²) in [5, 5.41) is 3.06. The summed E-state index contributed by atoms with van der Waals surface area (Å²) in [7, 11) is 1.33. The Morgan fingerprint density at radius 3 is 2.49 bits per heavy atom. The zero-order valence-corrected chi connectivity index (χ0v) is 21.1.